The van der Waals surface area contributed by atoms with Crippen molar-refractivity contribution >= 4 is 41.2 Å². The summed E-state index contributed by atoms with van der Waals surface area (Å²) in [6, 6.07) is 6.06. The van der Waals surface area contributed by atoms with Crippen LogP contribution in [0.2, 0.25) is 5.02 Å². The number of aromatic nitrogens is 3. The molecule has 0 aliphatic heterocycles. The predicted octanol–water partition coefficient (Wildman–Crippen LogP) is 4.00. The quantitative estimate of drug-likeness (QED) is 0.453. The minimum atomic E-state index is -0.602. The standard InChI is InChI=1S/C19H21ClFN5O2S.ClH/c1-10(2)24-17-4-3-11(7-23-17)18-25-26-19(29-18)13-5-15(21)16(6-14(13)20)28-9-12(22)8-27;/h3-7,10,12,27H,8-9,22H2,1-2H3,(H,23,24);1H/t12-;/m0./s1. The van der Waals surface area contributed by atoms with Crippen LogP contribution in [0.25, 0.3) is 21.1 Å². The summed E-state index contributed by atoms with van der Waals surface area (Å²) in [5.74, 6) is 0.136. The highest BCUT2D eigenvalue weighted by molar-refractivity contribution is 7.18. The number of nitrogens with two attached hydrogens (primary N) is 1. The van der Waals surface area contributed by atoms with E-state index in [9.17, 15) is 4.39 Å². The Labute approximate surface area is 188 Å². The van der Waals surface area contributed by atoms with Gasteiger partial charge in [-0.3, -0.25) is 0 Å². The lowest BCUT2D eigenvalue weighted by Crippen LogP contribution is -2.31. The molecule has 2 aromatic heterocycles. The number of halogens is 3. The van der Waals surface area contributed by atoms with Crippen molar-refractivity contribution in [2.75, 3.05) is 18.5 Å². The third kappa shape index (κ3) is 5.99. The third-order valence-electron chi connectivity index (χ3n) is 3.81. The zero-order valence-electron chi connectivity index (χ0n) is 16.3. The van der Waals surface area contributed by atoms with Crippen molar-refractivity contribution in [3.05, 3.63) is 41.3 Å². The lowest BCUT2D eigenvalue weighted by atomic mass is 10.2. The summed E-state index contributed by atoms with van der Waals surface area (Å²) in [6.07, 6.45) is 1.71. The van der Waals surface area contributed by atoms with E-state index in [2.05, 4.69) is 20.5 Å². The zero-order chi connectivity index (χ0) is 21.0. The smallest absolute Gasteiger partial charge is 0.165 e. The molecule has 0 spiro atoms. The fourth-order valence-corrected chi connectivity index (χ4v) is 3.57. The molecule has 2 heterocycles. The minimum absolute atomic E-state index is 0. The molecule has 0 bridgehead atoms. The van der Waals surface area contributed by atoms with E-state index >= 15 is 0 Å². The summed E-state index contributed by atoms with van der Waals surface area (Å²) in [4.78, 5) is 4.36. The molecule has 0 amide bonds. The molecule has 0 aliphatic carbocycles. The van der Waals surface area contributed by atoms with E-state index in [0.717, 1.165) is 11.4 Å². The summed E-state index contributed by atoms with van der Waals surface area (Å²) < 4.78 is 19.7. The Kier molecular flexibility index (Phi) is 8.75. The van der Waals surface area contributed by atoms with Crippen molar-refractivity contribution in [3.8, 4) is 26.9 Å². The highest BCUT2D eigenvalue weighted by Gasteiger charge is 2.17. The van der Waals surface area contributed by atoms with Gasteiger partial charge in [-0.05, 0) is 32.0 Å². The van der Waals surface area contributed by atoms with Gasteiger partial charge in [0.05, 0.1) is 17.7 Å². The topological polar surface area (TPSA) is 106 Å². The molecule has 0 saturated heterocycles. The highest BCUT2D eigenvalue weighted by atomic mass is 35.5. The van der Waals surface area contributed by atoms with Gasteiger partial charge in [0, 0.05) is 29.4 Å². The summed E-state index contributed by atoms with van der Waals surface area (Å²) in [6.45, 7) is 3.78. The second-order valence-electron chi connectivity index (χ2n) is 6.66. The van der Waals surface area contributed by atoms with Crippen LogP contribution in [0.15, 0.2) is 30.5 Å². The van der Waals surface area contributed by atoms with Gasteiger partial charge in [-0.2, -0.15) is 0 Å². The van der Waals surface area contributed by atoms with Gasteiger partial charge in [-0.25, -0.2) is 9.37 Å². The number of pyridine rings is 1. The highest BCUT2D eigenvalue weighted by Crippen LogP contribution is 2.37. The van der Waals surface area contributed by atoms with E-state index in [-0.39, 0.29) is 42.4 Å². The van der Waals surface area contributed by atoms with Gasteiger partial charge in [0.25, 0.3) is 0 Å². The summed E-state index contributed by atoms with van der Waals surface area (Å²) in [5, 5.41) is 21.9. The lowest BCUT2D eigenvalue weighted by Gasteiger charge is -2.12. The average Bonchev–Trinajstić information content (AvgIpc) is 3.18. The van der Waals surface area contributed by atoms with Crippen molar-refractivity contribution < 1.29 is 14.2 Å². The first-order valence-corrected chi connectivity index (χ1v) is 10.1. The normalized spacial score (nSPS) is 11.8. The molecule has 4 N–H and O–H groups in total. The monoisotopic (exact) mass is 473 g/mol. The Morgan fingerprint density at radius 1 is 1.27 bits per heavy atom. The molecule has 11 heteroatoms. The molecule has 7 nitrogen and oxygen atoms in total. The van der Waals surface area contributed by atoms with Gasteiger partial charge in [-0.15, -0.1) is 22.6 Å². The Morgan fingerprint density at radius 2 is 2.00 bits per heavy atom. The number of benzene rings is 1. The van der Waals surface area contributed by atoms with Crippen LogP contribution in [0.5, 0.6) is 5.75 Å². The fourth-order valence-electron chi connectivity index (χ4n) is 2.40. The molecule has 0 unspecified atom stereocenters. The number of hydrogen-bond acceptors (Lipinski definition) is 8. The lowest BCUT2D eigenvalue weighted by molar-refractivity contribution is 0.202. The van der Waals surface area contributed by atoms with Crippen LogP contribution >= 0.6 is 35.3 Å². The van der Waals surface area contributed by atoms with E-state index in [1.165, 1.54) is 23.5 Å². The SMILES string of the molecule is CC(C)Nc1ccc(-c2nnc(-c3cc(F)c(OC[C@@H](N)CO)cc3Cl)s2)cn1.Cl. The van der Waals surface area contributed by atoms with Gasteiger partial charge in [-0.1, -0.05) is 22.9 Å². The zero-order valence-corrected chi connectivity index (χ0v) is 18.7. The number of nitrogens with one attached hydrogen (secondary N) is 1. The van der Waals surface area contributed by atoms with Crippen LogP contribution in [-0.2, 0) is 0 Å². The van der Waals surface area contributed by atoms with Gasteiger partial charge < -0.3 is 20.9 Å². The van der Waals surface area contributed by atoms with Gasteiger partial charge in [0.2, 0.25) is 0 Å². The Balaban J connectivity index is 0.00000320. The van der Waals surface area contributed by atoms with E-state index in [4.69, 9.17) is 27.2 Å². The number of aliphatic hydroxyl groups is 1. The number of anilines is 1. The molecule has 0 radical (unpaired) electrons. The summed E-state index contributed by atoms with van der Waals surface area (Å²) >= 11 is 7.58. The summed E-state index contributed by atoms with van der Waals surface area (Å²) in [7, 11) is 0. The number of ether oxygens (including phenoxy) is 1. The van der Waals surface area contributed by atoms with Crippen molar-refractivity contribution in [1.82, 2.24) is 15.2 Å². The molecule has 3 rings (SSSR count). The second-order valence-corrected chi connectivity index (χ2v) is 8.04. The molecule has 1 aromatic carbocycles. The Bertz CT molecular complexity index is 972. The van der Waals surface area contributed by atoms with E-state index in [0.29, 0.717) is 15.6 Å². The molecule has 1 atom stereocenters. The largest absolute Gasteiger partial charge is 0.489 e. The predicted molar refractivity (Wildman–Crippen MR) is 120 cm³/mol. The summed E-state index contributed by atoms with van der Waals surface area (Å²) in [5.41, 5.74) is 6.78. The van der Waals surface area contributed by atoms with Crippen LogP contribution in [0.4, 0.5) is 10.2 Å². The molecule has 0 fully saturated rings. The maximum Gasteiger partial charge on any atom is 0.165 e. The van der Waals surface area contributed by atoms with E-state index in [1.54, 1.807) is 6.20 Å². The Hall–Kier alpha value is -2.04. The van der Waals surface area contributed by atoms with Gasteiger partial charge >= 0.3 is 0 Å². The van der Waals surface area contributed by atoms with Crippen molar-refractivity contribution in [2.45, 2.75) is 25.9 Å². The van der Waals surface area contributed by atoms with E-state index < -0.39 is 11.9 Å². The van der Waals surface area contributed by atoms with E-state index in [1.807, 2.05) is 26.0 Å². The van der Waals surface area contributed by atoms with Crippen LogP contribution < -0.4 is 15.8 Å². The van der Waals surface area contributed by atoms with Crippen LogP contribution in [0.3, 0.4) is 0 Å². The van der Waals surface area contributed by atoms with Crippen LogP contribution in [0, 0.1) is 5.82 Å². The second kappa shape index (κ2) is 10.8. The Morgan fingerprint density at radius 3 is 2.63 bits per heavy atom. The number of hydrogen-bond donors (Lipinski definition) is 3. The molecule has 30 heavy (non-hydrogen) atoms. The molecular formula is C19H22Cl2FN5O2S. The molecule has 0 saturated carbocycles. The van der Waals surface area contributed by atoms with Crippen molar-refractivity contribution in [3.63, 3.8) is 0 Å². The number of aliphatic hydroxyl groups excluding tert-OH is 1. The third-order valence-corrected chi connectivity index (χ3v) is 5.13. The maximum absolute atomic E-state index is 14.4. The molecular weight excluding hydrogens is 452 g/mol. The minimum Gasteiger partial charge on any atom is -0.489 e. The maximum atomic E-state index is 14.4. The first kappa shape index (κ1) is 24.2. The number of rotatable bonds is 8. The van der Waals surface area contributed by atoms with Crippen molar-refractivity contribution in [1.29, 1.82) is 0 Å². The number of nitrogens with zero attached hydrogens (tertiary/aromatic N) is 3. The van der Waals surface area contributed by atoms with Crippen LogP contribution in [0.1, 0.15) is 13.8 Å². The molecule has 3 aromatic rings. The van der Waals surface area contributed by atoms with Crippen molar-refractivity contribution in [2.24, 2.45) is 5.73 Å². The first-order valence-electron chi connectivity index (χ1n) is 8.92. The average molecular weight is 474 g/mol. The fraction of sp³-hybridized carbons (Fsp3) is 0.316. The van der Waals surface area contributed by atoms with Crippen LogP contribution in [-0.4, -0.2) is 45.6 Å². The molecule has 162 valence electrons. The molecule has 0 aliphatic rings. The first-order chi connectivity index (χ1) is 13.9. The van der Waals surface area contributed by atoms with Gasteiger partial charge in [0.15, 0.2) is 11.6 Å². The van der Waals surface area contributed by atoms with Gasteiger partial charge in [0.1, 0.15) is 22.4 Å².